The van der Waals surface area contributed by atoms with E-state index in [0.29, 0.717) is 57.1 Å². The van der Waals surface area contributed by atoms with Crippen molar-refractivity contribution in [1.82, 2.24) is 14.5 Å². The quantitative estimate of drug-likeness (QED) is 0.175. The Balaban J connectivity index is 1.14. The molecular weight excluding hydrogens is 611 g/mol. The Morgan fingerprint density at radius 2 is 1.82 bits per heavy atom. The fourth-order valence-corrected chi connectivity index (χ4v) is 5.56. The van der Waals surface area contributed by atoms with Crippen molar-refractivity contribution in [2.45, 2.75) is 32.1 Å². The number of rotatable bonds is 9. The first-order valence-electron chi connectivity index (χ1n) is 14.0. The molecule has 1 aliphatic heterocycles. The molecule has 45 heavy (non-hydrogen) atoms. The number of halogens is 4. The smallest absolute Gasteiger partial charge is 0.335 e. The Bertz CT molecular complexity index is 2110. The zero-order chi connectivity index (χ0) is 31.2. The van der Waals surface area contributed by atoms with Gasteiger partial charge in [0.25, 0.3) is 11.9 Å². The van der Waals surface area contributed by atoms with Crippen LogP contribution >= 0.6 is 11.6 Å². The van der Waals surface area contributed by atoms with Gasteiger partial charge in [0.2, 0.25) is 0 Å². The molecule has 228 valence electrons. The topological polar surface area (TPSA) is 99.6 Å². The molecule has 8 nitrogen and oxygen atoms in total. The van der Waals surface area contributed by atoms with Crippen LogP contribution in [0.3, 0.4) is 0 Å². The van der Waals surface area contributed by atoms with Crippen LogP contribution in [0.1, 0.15) is 33.7 Å². The third kappa shape index (κ3) is 5.60. The summed E-state index contributed by atoms with van der Waals surface area (Å²) in [5.41, 5.74) is 3.02. The van der Waals surface area contributed by atoms with Gasteiger partial charge in [-0.2, -0.15) is 4.39 Å². The summed E-state index contributed by atoms with van der Waals surface area (Å²) in [5.74, 6) is -2.05. The molecular formula is C33H23ClF3N3O5. The number of benzene rings is 3. The summed E-state index contributed by atoms with van der Waals surface area (Å²) < 4.78 is 62.1. The Hall–Kier alpha value is -4.87. The second-order valence-corrected chi connectivity index (χ2v) is 11.1. The summed E-state index contributed by atoms with van der Waals surface area (Å²) in [5, 5.41) is 10.1. The van der Waals surface area contributed by atoms with E-state index in [0.717, 1.165) is 12.5 Å². The minimum absolute atomic E-state index is 0.0335. The van der Waals surface area contributed by atoms with Crippen LogP contribution in [0.25, 0.3) is 33.3 Å². The third-order valence-corrected chi connectivity index (χ3v) is 8.14. The van der Waals surface area contributed by atoms with Gasteiger partial charge in [-0.1, -0.05) is 29.8 Å². The number of furan rings is 1. The van der Waals surface area contributed by atoms with Gasteiger partial charge in [0.15, 0.2) is 5.82 Å². The zero-order valence-electron chi connectivity index (χ0n) is 23.4. The maximum absolute atomic E-state index is 15.5. The van der Waals surface area contributed by atoms with E-state index in [1.165, 1.54) is 24.3 Å². The summed E-state index contributed by atoms with van der Waals surface area (Å²) in [6, 6.07) is 15.4. The predicted molar refractivity (Wildman–Crippen MR) is 159 cm³/mol. The number of fused-ring (bicyclic) bond motifs is 2. The number of aromatic carboxylic acids is 1. The predicted octanol–water partition coefficient (Wildman–Crippen LogP) is 7.57. The molecule has 0 saturated carbocycles. The van der Waals surface area contributed by atoms with Crippen molar-refractivity contribution in [1.29, 1.82) is 0 Å². The molecule has 6 aromatic rings. The average Bonchev–Trinajstić information content (AvgIpc) is 3.56. The minimum atomic E-state index is -1.05. The Labute approximate surface area is 258 Å². The molecule has 4 heterocycles. The van der Waals surface area contributed by atoms with Crippen LogP contribution in [0.15, 0.2) is 71.1 Å². The van der Waals surface area contributed by atoms with Crippen molar-refractivity contribution in [2.24, 2.45) is 0 Å². The molecule has 1 saturated heterocycles. The fourth-order valence-electron chi connectivity index (χ4n) is 5.36. The van der Waals surface area contributed by atoms with Crippen LogP contribution in [0.4, 0.5) is 13.2 Å². The van der Waals surface area contributed by atoms with Crippen molar-refractivity contribution in [2.75, 3.05) is 6.61 Å². The summed E-state index contributed by atoms with van der Waals surface area (Å²) >= 11 is 6.11. The zero-order valence-corrected chi connectivity index (χ0v) is 24.2. The molecule has 0 aliphatic carbocycles. The number of aromatic nitrogens is 3. The van der Waals surface area contributed by atoms with E-state index in [1.807, 2.05) is 4.57 Å². The number of carboxylic acid groups (broad SMARTS) is 1. The Morgan fingerprint density at radius 3 is 2.58 bits per heavy atom. The van der Waals surface area contributed by atoms with Gasteiger partial charge in [0.05, 0.1) is 40.0 Å². The number of hydrogen-bond acceptors (Lipinski definition) is 6. The highest BCUT2D eigenvalue weighted by Gasteiger charge is 2.23. The highest BCUT2D eigenvalue weighted by atomic mass is 35.5. The second kappa shape index (κ2) is 11.6. The van der Waals surface area contributed by atoms with Gasteiger partial charge >= 0.3 is 5.97 Å². The molecule has 0 unspecified atom stereocenters. The number of carbonyl (C=O) groups is 1. The lowest BCUT2D eigenvalue weighted by atomic mass is 10.0. The van der Waals surface area contributed by atoms with Gasteiger partial charge in [-0.05, 0) is 54.4 Å². The highest BCUT2D eigenvalue weighted by molar-refractivity contribution is 6.35. The first kappa shape index (κ1) is 28.9. The van der Waals surface area contributed by atoms with E-state index >= 15 is 4.39 Å². The molecule has 12 heteroatoms. The van der Waals surface area contributed by atoms with E-state index in [4.69, 9.17) is 25.5 Å². The number of ether oxygens (including phenoxy) is 2. The SMILES string of the molecule is O=C(O)c1ccc2nc(Cc3ccc(-c4ccc(F)c(OCc5ccc(Cl)c6cc(F)oc56)n4)cc3F)n(C[C@@H]3CCO3)c2c1. The number of nitrogens with zero attached hydrogens (tertiary/aromatic N) is 3. The molecule has 0 bridgehead atoms. The summed E-state index contributed by atoms with van der Waals surface area (Å²) in [7, 11) is 0. The molecule has 1 aliphatic rings. The molecule has 7 rings (SSSR count). The maximum atomic E-state index is 15.5. The lowest BCUT2D eigenvalue weighted by molar-refractivity contribution is -0.0589. The number of carboxylic acids is 1. The normalized spacial score (nSPS) is 14.6. The van der Waals surface area contributed by atoms with Gasteiger partial charge in [-0.25, -0.2) is 23.5 Å². The van der Waals surface area contributed by atoms with Gasteiger partial charge in [-0.3, -0.25) is 0 Å². The van der Waals surface area contributed by atoms with Crippen molar-refractivity contribution in [3.05, 3.63) is 112 Å². The van der Waals surface area contributed by atoms with E-state index < -0.39 is 23.6 Å². The number of pyridine rings is 1. The maximum Gasteiger partial charge on any atom is 0.335 e. The van der Waals surface area contributed by atoms with Crippen molar-refractivity contribution in [3.8, 4) is 17.1 Å². The van der Waals surface area contributed by atoms with Crippen LogP contribution in [-0.4, -0.2) is 38.3 Å². The lowest BCUT2D eigenvalue weighted by Gasteiger charge is -2.27. The third-order valence-electron chi connectivity index (χ3n) is 7.81. The first-order chi connectivity index (χ1) is 21.7. The average molecular weight is 634 g/mol. The van der Waals surface area contributed by atoms with E-state index in [9.17, 15) is 18.7 Å². The second-order valence-electron chi connectivity index (χ2n) is 10.7. The van der Waals surface area contributed by atoms with Crippen molar-refractivity contribution in [3.63, 3.8) is 0 Å². The molecule has 0 radical (unpaired) electrons. The molecule has 0 spiro atoms. The van der Waals surface area contributed by atoms with Crippen molar-refractivity contribution < 1.29 is 37.0 Å². The van der Waals surface area contributed by atoms with Crippen LogP contribution in [-0.2, 0) is 24.3 Å². The molecule has 1 fully saturated rings. The molecule has 1 N–H and O–H groups in total. The van der Waals surface area contributed by atoms with Crippen LogP contribution < -0.4 is 4.74 Å². The Morgan fingerprint density at radius 1 is 1.00 bits per heavy atom. The minimum Gasteiger partial charge on any atom is -0.478 e. The standard InChI is InChI=1S/C33H23ClF3N3O5/c34-23-5-3-20(31-22(23)14-29(37)45-31)16-44-32-24(35)6-8-26(39-32)18-2-1-17(25(36)11-18)13-30-38-27-7-4-19(33(41)42)12-28(27)40(30)15-21-9-10-43-21/h1-8,11-12,14,21H,9-10,13,15-16H2,(H,41,42)/t21-/m0/s1. The van der Waals surface area contributed by atoms with Crippen molar-refractivity contribution >= 4 is 39.6 Å². The van der Waals surface area contributed by atoms with Crippen LogP contribution in [0.2, 0.25) is 5.02 Å². The van der Waals surface area contributed by atoms with Crippen LogP contribution in [0.5, 0.6) is 5.88 Å². The molecule has 1 atom stereocenters. The summed E-state index contributed by atoms with van der Waals surface area (Å²) in [4.78, 5) is 20.5. The summed E-state index contributed by atoms with van der Waals surface area (Å²) in [6.45, 7) is 0.942. The highest BCUT2D eigenvalue weighted by Crippen LogP contribution is 2.31. The summed E-state index contributed by atoms with van der Waals surface area (Å²) in [6.07, 6.45) is 0.973. The van der Waals surface area contributed by atoms with Gasteiger partial charge < -0.3 is 23.6 Å². The number of imidazole rings is 1. The monoisotopic (exact) mass is 633 g/mol. The lowest BCUT2D eigenvalue weighted by Crippen LogP contribution is -2.31. The molecule has 0 amide bonds. The van der Waals surface area contributed by atoms with E-state index in [1.54, 1.807) is 36.4 Å². The van der Waals surface area contributed by atoms with Gasteiger partial charge in [-0.15, -0.1) is 0 Å². The first-order valence-corrected chi connectivity index (χ1v) is 14.4. The van der Waals surface area contributed by atoms with E-state index in [-0.39, 0.29) is 41.9 Å². The Kier molecular flexibility index (Phi) is 7.42. The van der Waals surface area contributed by atoms with E-state index in [2.05, 4.69) is 9.97 Å². The van der Waals surface area contributed by atoms with Gasteiger partial charge in [0, 0.05) is 35.6 Å². The largest absolute Gasteiger partial charge is 0.478 e. The van der Waals surface area contributed by atoms with Gasteiger partial charge in [0.1, 0.15) is 23.8 Å². The fraction of sp³-hybridized carbons (Fsp3) is 0.182. The number of hydrogen-bond donors (Lipinski definition) is 1. The molecule has 3 aromatic carbocycles. The van der Waals surface area contributed by atoms with Crippen LogP contribution in [0, 0.1) is 17.6 Å². The molecule has 3 aromatic heterocycles.